The third-order valence-electron chi connectivity index (χ3n) is 0.297. The van der Waals surface area contributed by atoms with Crippen molar-refractivity contribution < 1.29 is 0 Å². The maximum Gasteiger partial charge on any atom is 0.0736 e. The van der Waals surface area contributed by atoms with Crippen LogP contribution in [0.3, 0.4) is 0 Å². The smallest absolute Gasteiger partial charge is 0.0736 e. The highest BCUT2D eigenvalue weighted by Crippen LogP contribution is 1.89. The van der Waals surface area contributed by atoms with Gasteiger partial charge in [-0.1, -0.05) is 11.6 Å². The minimum absolute atomic E-state index is 0.259. The van der Waals surface area contributed by atoms with Crippen molar-refractivity contribution in [2.24, 2.45) is 5.73 Å². The van der Waals surface area contributed by atoms with Gasteiger partial charge in [-0.3, -0.25) is 0 Å². The predicted octanol–water partition coefficient (Wildman–Crippen LogP) is 0.675. The maximum absolute atomic E-state index is 6.40. The Morgan fingerprint density at radius 3 is 2.33 bits per heavy atom. The van der Waals surface area contributed by atoms with E-state index < -0.39 is 0 Å². The fraction of sp³-hybridized carbons (Fsp3) is 0. The molecule has 0 radical (unpaired) electrons. The Hall–Kier alpha value is -0.500. The molecule has 0 spiro atoms. The maximum atomic E-state index is 6.40. The summed E-state index contributed by atoms with van der Waals surface area (Å²) in [5, 5.41) is 6.66. The third kappa shape index (κ3) is 1.79. The molecule has 0 rings (SSSR count). The van der Waals surface area contributed by atoms with E-state index in [-0.39, 0.29) is 5.03 Å². The van der Waals surface area contributed by atoms with Gasteiger partial charge in [-0.25, -0.2) is 0 Å². The zero-order chi connectivity index (χ0) is 4.99. The fourth-order valence-electron chi connectivity index (χ4n) is 0.0481. The highest BCUT2D eigenvalue weighted by atomic mass is 35.5. The van der Waals surface area contributed by atoms with E-state index in [2.05, 4.69) is 0 Å². The van der Waals surface area contributed by atoms with E-state index in [0.717, 1.165) is 12.4 Å². The topological polar surface area (TPSA) is 49.9 Å². The number of nitrogens with two attached hydrogens (primary N) is 1. The van der Waals surface area contributed by atoms with Gasteiger partial charge in [0.15, 0.2) is 0 Å². The van der Waals surface area contributed by atoms with Crippen LogP contribution in [0.25, 0.3) is 0 Å². The van der Waals surface area contributed by atoms with Crippen molar-refractivity contribution in [2.75, 3.05) is 0 Å². The number of nitrogens with one attached hydrogen (secondary N) is 1. The molecule has 0 aromatic rings. The van der Waals surface area contributed by atoms with Crippen LogP contribution < -0.4 is 5.73 Å². The summed E-state index contributed by atoms with van der Waals surface area (Å²) in [6.45, 7) is 0. The minimum Gasteiger partial charge on any atom is -0.403 e. The number of halogens is 1. The number of allylic oxidation sites excluding steroid dienone is 1. The quantitative estimate of drug-likeness (QED) is 0.472. The van der Waals surface area contributed by atoms with Crippen LogP contribution in [-0.2, 0) is 0 Å². The molecule has 0 saturated carbocycles. The van der Waals surface area contributed by atoms with Gasteiger partial charge in [0, 0.05) is 12.4 Å². The Morgan fingerprint density at radius 2 is 2.33 bits per heavy atom. The van der Waals surface area contributed by atoms with Gasteiger partial charge in [-0.2, -0.15) is 0 Å². The molecule has 3 N–H and O–H groups in total. The molecule has 34 valence electrons. The molecule has 0 saturated heterocycles. The summed E-state index contributed by atoms with van der Waals surface area (Å²) in [5.74, 6) is 0. The normalized spacial score (nSPS) is 11.2. The SMILES string of the molecule is N=C/C(Cl)=C\N. The minimum atomic E-state index is 0.259. The van der Waals surface area contributed by atoms with Crippen LogP contribution in [0.2, 0.25) is 0 Å². The molecule has 6 heavy (non-hydrogen) atoms. The van der Waals surface area contributed by atoms with Gasteiger partial charge in [-0.05, 0) is 0 Å². The fourth-order valence-corrected chi connectivity index (χ4v) is 0.0481. The molecule has 0 aliphatic rings. The third-order valence-corrected chi connectivity index (χ3v) is 0.532. The summed E-state index contributed by atoms with van der Waals surface area (Å²) in [5.41, 5.74) is 4.84. The molecule has 0 unspecified atom stereocenters. The average molecular weight is 105 g/mol. The van der Waals surface area contributed by atoms with Crippen molar-refractivity contribution >= 4 is 17.8 Å². The second kappa shape index (κ2) is 2.72. The standard InChI is InChI=1S/C3H5ClN2/c4-3(1-5)2-6/h1-2,5H,6H2/b3-2+,5-1?. The molecule has 0 bridgehead atoms. The van der Waals surface area contributed by atoms with Gasteiger partial charge in [0.25, 0.3) is 0 Å². The van der Waals surface area contributed by atoms with Gasteiger partial charge in [0.1, 0.15) is 0 Å². The van der Waals surface area contributed by atoms with E-state index in [1.54, 1.807) is 0 Å². The summed E-state index contributed by atoms with van der Waals surface area (Å²) < 4.78 is 0. The zero-order valence-electron chi connectivity index (χ0n) is 3.11. The number of rotatable bonds is 1. The first-order valence-corrected chi connectivity index (χ1v) is 1.77. The summed E-state index contributed by atoms with van der Waals surface area (Å²) in [7, 11) is 0. The Balaban J connectivity index is 3.50. The molecule has 0 aromatic heterocycles. The first-order valence-electron chi connectivity index (χ1n) is 1.39. The molecule has 0 heterocycles. The van der Waals surface area contributed by atoms with E-state index in [1.165, 1.54) is 0 Å². The Labute approximate surface area is 41.1 Å². The van der Waals surface area contributed by atoms with Crippen LogP contribution in [0.15, 0.2) is 11.2 Å². The molecule has 0 aliphatic heterocycles. The lowest BCUT2D eigenvalue weighted by Gasteiger charge is -1.73. The van der Waals surface area contributed by atoms with Crippen LogP contribution >= 0.6 is 11.6 Å². The molecular formula is C3H5ClN2. The molecular weight excluding hydrogens is 99.5 g/mol. The van der Waals surface area contributed by atoms with Gasteiger partial charge in [-0.15, -0.1) is 0 Å². The molecule has 2 nitrogen and oxygen atoms in total. The second-order valence-electron chi connectivity index (χ2n) is 0.696. The lowest BCUT2D eigenvalue weighted by molar-refractivity contribution is 1.54. The van der Waals surface area contributed by atoms with E-state index >= 15 is 0 Å². The lowest BCUT2D eigenvalue weighted by Crippen LogP contribution is -1.80. The summed E-state index contributed by atoms with van der Waals surface area (Å²) in [4.78, 5) is 0. The second-order valence-corrected chi connectivity index (χ2v) is 1.13. The number of hydrogen-bond acceptors (Lipinski definition) is 2. The summed E-state index contributed by atoms with van der Waals surface area (Å²) >= 11 is 5.14. The first-order chi connectivity index (χ1) is 2.81. The van der Waals surface area contributed by atoms with Crippen molar-refractivity contribution in [3.63, 3.8) is 0 Å². The molecule has 3 heteroatoms. The lowest BCUT2D eigenvalue weighted by atomic mass is 10.7. The van der Waals surface area contributed by atoms with Gasteiger partial charge >= 0.3 is 0 Å². The van der Waals surface area contributed by atoms with Crippen molar-refractivity contribution in [1.82, 2.24) is 0 Å². The Morgan fingerprint density at radius 1 is 1.83 bits per heavy atom. The van der Waals surface area contributed by atoms with Crippen LogP contribution in [0.5, 0.6) is 0 Å². The molecule has 0 fully saturated rings. The molecule has 0 aliphatic carbocycles. The van der Waals surface area contributed by atoms with E-state index in [9.17, 15) is 0 Å². The highest BCUT2D eigenvalue weighted by molar-refractivity contribution is 6.38. The van der Waals surface area contributed by atoms with Crippen LogP contribution in [-0.4, -0.2) is 6.21 Å². The monoisotopic (exact) mass is 104 g/mol. The first kappa shape index (κ1) is 5.50. The number of hydrogen-bond donors (Lipinski definition) is 2. The van der Waals surface area contributed by atoms with Crippen molar-refractivity contribution in [1.29, 1.82) is 5.41 Å². The summed E-state index contributed by atoms with van der Waals surface area (Å²) in [6, 6.07) is 0. The van der Waals surface area contributed by atoms with Gasteiger partial charge in [0.2, 0.25) is 0 Å². The van der Waals surface area contributed by atoms with Crippen molar-refractivity contribution in [2.45, 2.75) is 0 Å². The van der Waals surface area contributed by atoms with E-state index in [0.29, 0.717) is 0 Å². The van der Waals surface area contributed by atoms with Crippen molar-refractivity contribution in [3.05, 3.63) is 11.2 Å². The van der Waals surface area contributed by atoms with E-state index in [1.807, 2.05) is 0 Å². The zero-order valence-corrected chi connectivity index (χ0v) is 3.87. The Bertz CT molecular complexity index is 76.9. The van der Waals surface area contributed by atoms with Gasteiger partial charge < -0.3 is 11.1 Å². The van der Waals surface area contributed by atoms with Crippen molar-refractivity contribution in [3.8, 4) is 0 Å². The Kier molecular flexibility index (Phi) is 2.50. The van der Waals surface area contributed by atoms with E-state index in [4.69, 9.17) is 22.7 Å². The molecule has 0 atom stereocenters. The van der Waals surface area contributed by atoms with Crippen LogP contribution in [0.1, 0.15) is 0 Å². The predicted molar refractivity (Wildman–Crippen MR) is 26.9 cm³/mol. The average Bonchev–Trinajstić information content (AvgIpc) is 1.65. The van der Waals surface area contributed by atoms with Gasteiger partial charge in [0.05, 0.1) is 5.03 Å². The molecule has 0 amide bonds. The largest absolute Gasteiger partial charge is 0.403 e. The van der Waals surface area contributed by atoms with Crippen LogP contribution in [0, 0.1) is 5.41 Å². The van der Waals surface area contributed by atoms with Crippen LogP contribution in [0.4, 0.5) is 0 Å². The summed E-state index contributed by atoms with van der Waals surface area (Å²) in [6.07, 6.45) is 2.14. The molecule has 0 aromatic carbocycles. The highest BCUT2D eigenvalue weighted by Gasteiger charge is 1.73.